The average molecular weight is 449 g/mol. The number of aliphatic hydroxyl groups excluding tert-OH is 1. The van der Waals surface area contributed by atoms with Crippen LogP contribution in [0, 0.1) is 17.8 Å². The van der Waals surface area contributed by atoms with Crippen LogP contribution in [0.4, 0.5) is 0 Å². The highest BCUT2D eigenvalue weighted by Gasteiger charge is 2.26. The van der Waals surface area contributed by atoms with E-state index >= 15 is 0 Å². The molecule has 5 heteroatoms. The Morgan fingerprint density at radius 3 is 2.53 bits per heavy atom. The lowest BCUT2D eigenvalue weighted by molar-refractivity contribution is -0.122. The summed E-state index contributed by atoms with van der Waals surface area (Å²) in [4.78, 5) is 36.1. The van der Waals surface area contributed by atoms with Crippen LogP contribution in [0.25, 0.3) is 0 Å². The van der Waals surface area contributed by atoms with E-state index in [4.69, 9.17) is 4.74 Å². The third-order valence-corrected chi connectivity index (χ3v) is 6.50. The Bertz CT molecular complexity index is 636. The molecule has 0 bridgehead atoms. The Morgan fingerprint density at radius 2 is 1.84 bits per heavy atom. The van der Waals surface area contributed by atoms with Crippen LogP contribution >= 0.6 is 0 Å². The number of allylic oxidation sites excluding steroid dienone is 4. The minimum atomic E-state index is -0.748. The number of rotatable bonds is 8. The summed E-state index contributed by atoms with van der Waals surface area (Å²) in [6, 6.07) is 0. The molecule has 1 aliphatic carbocycles. The van der Waals surface area contributed by atoms with Crippen LogP contribution in [0.5, 0.6) is 0 Å². The van der Waals surface area contributed by atoms with Gasteiger partial charge in [-0.05, 0) is 50.5 Å². The van der Waals surface area contributed by atoms with E-state index in [-0.39, 0.29) is 48.5 Å². The van der Waals surface area contributed by atoms with Crippen molar-refractivity contribution >= 4 is 17.9 Å². The van der Waals surface area contributed by atoms with Gasteiger partial charge in [0.1, 0.15) is 18.7 Å². The maximum absolute atomic E-state index is 12.7. The molecule has 0 aromatic heterocycles. The molecule has 182 valence electrons. The van der Waals surface area contributed by atoms with Crippen LogP contribution < -0.4 is 0 Å². The monoisotopic (exact) mass is 448 g/mol. The summed E-state index contributed by atoms with van der Waals surface area (Å²) in [7, 11) is 0. The number of ketones is 2. The molecule has 1 aliphatic rings. The van der Waals surface area contributed by atoms with Gasteiger partial charge in [0, 0.05) is 18.8 Å². The topological polar surface area (TPSA) is 80.7 Å². The smallest absolute Gasteiger partial charge is 0.158 e. The lowest BCUT2D eigenvalue weighted by Crippen LogP contribution is -2.29. The minimum Gasteiger partial charge on any atom is -0.392 e. The van der Waals surface area contributed by atoms with E-state index in [9.17, 15) is 19.5 Å². The highest BCUT2D eigenvalue weighted by Crippen LogP contribution is 2.25. The van der Waals surface area contributed by atoms with E-state index in [1.807, 2.05) is 26.8 Å². The second-order valence-corrected chi connectivity index (χ2v) is 9.62. The van der Waals surface area contributed by atoms with Gasteiger partial charge < -0.3 is 14.6 Å². The molecular weight excluding hydrogens is 404 g/mol. The standard InChI is InChI=1S/C27H44O5/c1-5-6-7-8-9-23-12-10-20(2)11-13-26(30)21(3)16-25(32-15-14-28)17-22(4)27(31)19-24(29)18-23/h10-11,13-14,21-23,25,27,31H,5-9,12,15-19H2,1-4H3. The van der Waals surface area contributed by atoms with Crippen molar-refractivity contribution in [3.63, 3.8) is 0 Å². The third-order valence-electron chi connectivity index (χ3n) is 6.50. The summed E-state index contributed by atoms with van der Waals surface area (Å²) in [6.45, 7) is 7.90. The first-order valence-corrected chi connectivity index (χ1v) is 12.4. The van der Waals surface area contributed by atoms with Crippen molar-refractivity contribution < 1.29 is 24.2 Å². The minimum absolute atomic E-state index is 0.0315. The maximum atomic E-state index is 12.7. The molecule has 5 unspecified atom stereocenters. The molecule has 32 heavy (non-hydrogen) atoms. The van der Waals surface area contributed by atoms with E-state index in [0.29, 0.717) is 25.5 Å². The van der Waals surface area contributed by atoms with Crippen LogP contribution in [0.1, 0.15) is 91.9 Å². The fourth-order valence-corrected chi connectivity index (χ4v) is 4.29. The zero-order valence-electron chi connectivity index (χ0n) is 20.6. The van der Waals surface area contributed by atoms with Crippen LogP contribution in [-0.4, -0.2) is 41.8 Å². The normalized spacial score (nSPS) is 29.0. The molecule has 0 amide bonds. The molecule has 0 saturated heterocycles. The van der Waals surface area contributed by atoms with Crippen molar-refractivity contribution in [1.29, 1.82) is 0 Å². The van der Waals surface area contributed by atoms with Gasteiger partial charge in [-0.2, -0.15) is 0 Å². The summed E-state index contributed by atoms with van der Waals surface area (Å²) in [5.41, 5.74) is 1.02. The van der Waals surface area contributed by atoms with Crippen LogP contribution in [0.3, 0.4) is 0 Å². The summed E-state index contributed by atoms with van der Waals surface area (Å²) in [5, 5.41) is 10.7. The summed E-state index contributed by atoms with van der Waals surface area (Å²) in [5.74, 6) is -0.0136. The van der Waals surface area contributed by atoms with Crippen LogP contribution in [-0.2, 0) is 19.1 Å². The molecule has 0 saturated carbocycles. The largest absolute Gasteiger partial charge is 0.392 e. The van der Waals surface area contributed by atoms with Gasteiger partial charge in [-0.1, -0.05) is 64.2 Å². The first-order valence-electron chi connectivity index (χ1n) is 12.4. The van der Waals surface area contributed by atoms with E-state index in [1.165, 1.54) is 19.3 Å². The van der Waals surface area contributed by atoms with Crippen LogP contribution in [0.2, 0.25) is 0 Å². The predicted octanol–water partition coefficient (Wildman–Crippen LogP) is 5.40. The number of hydrogen-bond donors (Lipinski definition) is 1. The fraction of sp³-hybridized carbons (Fsp3) is 0.741. The van der Waals surface area contributed by atoms with Gasteiger partial charge in [0.25, 0.3) is 0 Å². The lowest BCUT2D eigenvalue weighted by Gasteiger charge is -2.26. The molecule has 0 radical (unpaired) electrons. The Labute approximate surface area is 194 Å². The second-order valence-electron chi connectivity index (χ2n) is 9.62. The van der Waals surface area contributed by atoms with Crippen molar-refractivity contribution in [2.24, 2.45) is 17.8 Å². The molecular formula is C27H44O5. The van der Waals surface area contributed by atoms with Crippen molar-refractivity contribution in [3.8, 4) is 0 Å². The molecule has 0 fully saturated rings. The maximum Gasteiger partial charge on any atom is 0.158 e. The molecule has 0 aliphatic heterocycles. The van der Waals surface area contributed by atoms with Gasteiger partial charge >= 0.3 is 0 Å². The zero-order valence-corrected chi connectivity index (χ0v) is 20.6. The molecule has 1 N–H and O–H groups in total. The highest BCUT2D eigenvalue weighted by atomic mass is 16.5. The predicted molar refractivity (Wildman–Crippen MR) is 128 cm³/mol. The number of carbonyl (C=O) groups is 3. The second kappa shape index (κ2) is 16.1. The first kappa shape index (κ1) is 28.4. The number of aldehydes is 1. The number of aliphatic hydroxyl groups is 1. The molecule has 0 aromatic rings. The van der Waals surface area contributed by atoms with Gasteiger partial charge in [0.05, 0.1) is 12.2 Å². The number of hydrogen-bond acceptors (Lipinski definition) is 5. The van der Waals surface area contributed by atoms with Crippen molar-refractivity contribution in [2.45, 2.75) is 104 Å². The summed E-state index contributed by atoms with van der Waals surface area (Å²) < 4.78 is 5.65. The number of carbonyl (C=O) groups excluding carboxylic acids is 3. The van der Waals surface area contributed by atoms with Gasteiger partial charge in [0.15, 0.2) is 5.78 Å². The van der Waals surface area contributed by atoms with Crippen molar-refractivity contribution in [3.05, 3.63) is 23.8 Å². The van der Waals surface area contributed by atoms with Gasteiger partial charge in [-0.15, -0.1) is 0 Å². The Balaban J connectivity index is 3.00. The Kier molecular flexibility index (Phi) is 14.3. The summed E-state index contributed by atoms with van der Waals surface area (Å²) in [6.07, 6.45) is 13.3. The van der Waals surface area contributed by atoms with Gasteiger partial charge in [-0.3, -0.25) is 9.59 Å². The molecule has 0 heterocycles. The van der Waals surface area contributed by atoms with E-state index in [2.05, 4.69) is 13.0 Å². The average Bonchev–Trinajstić information content (AvgIpc) is 2.75. The van der Waals surface area contributed by atoms with E-state index in [1.54, 1.807) is 6.08 Å². The van der Waals surface area contributed by atoms with Crippen molar-refractivity contribution in [1.82, 2.24) is 0 Å². The fourth-order valence-electron chi connectivity index (χ4n) is 4.29. The molecule has 0 aromatic carbocycles. The van der Waals surface area contributed by atoms with Crippen molar-refractivity contribution in [2.75, 3.05) is 6.61 Å². The SMILES string of the molecule is CCCCCCC1CC=C(C)C=CC(=O)C(C)CC(OCC=O)CC(C)C(O)CC(=O)C1. The number of unbranched alkanes of at least 4 members (excludes halogenated alkanes) is 3. The highest BCUT2D eigenvalue weighted by molar-refractivity contribution is 5.91. The third kappa shape index (κ3) is 11.9. The Morgan fingerprint density at radius 1 is 1.09 bits per heavy atom. The van der Waals surface area contributed by atoms with E-state index in [0.717, 1.165) is 24.8 Å². The van der Waals surface area contributed by atoms with Gasteiger partial charge in [-0.25, -0.2) is 0 Å². The first-order chi connectivity index (χ1) is 15.3. The molecule has 5 nitrogen and oxygen atoms in total. The van der Waals surface area contributed by atoms with Crippen LogP contribution in [0.15, 0.2) is 23.8 Å². The van der Waals surface area contributed by atoms with E-state index < -0.39 is 6.10 Å². The van der Waals surface area contributed by atoms with Gasteiger partial charge in [0.2, 0.25) is 0 Å². The molecule has 5 atom stereocenters. The number of ether oxygens (including phenoxy) is 1. The molecule has 1 rings (SSSR count). The lowest BCUT2D eigenvalue weighted by atomic mass is 9.86. The Hall–Kier alpha value is -1.59. The quantitative estimate of drug-likeness (QED) is 0.397. The summed E-state index contributed by atoms with van der Waals surface area (Å²) >= 11 is 0. The zero-order chi connectivity index (χ0) is 23.9. The number of Topliss-reactive ketones (excluding diaryl/α,β-unsaturated/α-hetero) is 1. The molecule has 0 spiro atoms.